The van der Waals surface area contributed by atoms with Crippen molar-refractivity contribution in [1.29, 1.82) is 0 Å². The number of sulfonamides is 1. The van der Waals surface area contributed by atoms with E-state index >= 15 is 0 Å². The monoisotopic (exact) mass is 380 g/mol. The van der Waals surface area contributed by atoms with Gasteiger partial charge in [0.15, 0.2) is 0 Å². The van der Waals surface area contributed by atoms with E-state index in [0.717, 1.165) is 0 Å². The highest BCUT2D eigenvalue weighted by Crippen LogP contribution is 2.25. The van der Waals surface area contributed by atoms with Crippen LogP contribution < -0.4 is 4.72 Å². The Kier molecular flexibility index (Phi) is 5.45. The summed E-state index contributed by atoms with van der Waals surface area (Å²) in [4.78, 5) is 3.76. The van der Waals surface area contributed by atoms with E-state index in [1.807, 2.05) is 0 Å². The molecular formula is C9H9BrClF3N2O2S. The van der Waals surface area contributed by atoms with Gasteiger partial charge in [-0.05, 0) is 28.4 Å². The van der Waals surface area contributed by atoms with Crippen LogP contribution in [0.5, 0.6) is 0 Å². The number of anilines is 1. The Hall–Kier alpha value is -0.540. The van der Waals surface area contributed by atoms with E-state index in [4.69, 9.17) is 11.6 Å². The highest BCUT2D eigenvalue weighted by atomic mass is 79.9. The van der Waals surface area contributed by atoms with Crippen LogP contribution in [0.2, 0.25) is 5.02 Å². The zero-order valence-electron chi connectivity index (χ0n) is 9.34. The van der Waals surface area contributed by atoms with Gasteiger partial charge in [0.25, 0.3) is 0 Å². The molecule has 1 aromatic heterocycles. The van der Waals surface area contributed by atoms with Crippen molar-refractivity contribution in [3.8, 4) is 0 Å². The molecule has 0 fully saturated rings. The topological polar surface area (TPSA) is 59.1 Å². The molecule has 0 saturated carbocycles. The van der Waals surface area contributed by atoms with Crippen molar-refractivity contribution in [1.82, 2.24) is 4.98 Å². The van der Waals surface area contributed by atoms with Gasteiger partial charge in [0, 0.05) is 12.6 Å². The van der Waals surface area contributed by atoms with Crippen LogP contribution in [0.1, 0.15) is 12.8 Å². The molecule has 0 aliphatic rings. The van der Waals surface area contributed by atoms with Crippen molar-refractivity contribution in [2.45, 2.75) is 19.0 Å². The standard InChI is InChI=1S/C9H9BrClF3N2O2S/c10-8-7(4-6(11)5-15-8)16-19(17,18)3-1-2-9(12,13)14/h4-5,16H,1-3H2. The zero-order chi connectivity index (χ0) is 14.7. The quantitative estimate of drug-likeness (QED) is 0.793. The first-order valence-corrected chi connectivity index (χ1v) is 7.80. The normalized spacial score (nSPS) is 12.5. The predicted molar refractivity (Wildman–Crippen MR) is 69.6 cm³/mol. The Balaban J connectivity index is 2.67. The summed E-state index contributed by atoms with van der Waals surface area (Å²) in [7, 11) is -3.87. The molecule has 4 nitrogen and oxygen atoms in total. The SMILES string of the molecule is O=S(=O)(CCCC(F)(F)F)Nc1cc(Cl)cnc1Br. The average molecular weight is 382 g/mol. The second kappa shape index (κ2) is 6.27. The van der Waals surface area contributed by atoms with Crippen LogP contribution in [0.3, 0.4) is 0 Å². The number of rotatable bonds is 5. The van der Waals surface area contributed by atoms with E-state index < -0.39 is 34.8 Å². The van der Waals surface area contributed by atoms with Gasteiger partial charge >= 0.3 is 6.18 Å². The number of alkyl halides is 3. The van der Waals surface area contributed by atoms with Gasteiger partial charge in [-0.2, -0.15) is 13.2 Å². The molecule has 0 unspecified atom stereocenters. The lowest BCUT2D eigenvalue weighted by Gasteiger charge is -2.10. The Morgan fingerprint density at radius 3 is 2.63 bits per heavy atom. The first-order valence-electron chi connectivity index (χ1n) is 4.97. The number of aromatic nitrogens is 1. The van der Waals surface area contributed by atoms with Crippen LogP contribution in [0.25, 0.3) is 0 Å². The number of nitrogens with zero attached hydrogens (tertiary/aromatic N) is 1. The number of halogens is 5. The van der Waals surface area contributed by atoms with Gasteiger partial charge < -0.3 is 0 Å². The molecule has 0 spiro atoms. The number of pyridine rings is 1. The van der Waals surface area contributed by atoms with Crippen LogP contribution in [0.4, 0.5) is 18.9 Å². The summed E-state index contributed by atoms with van der Waals surface area (Å²) in [6.07, 6.45) is -4.73. The van der Waals surface area contributed by atoms with E-state index in [9.17, 15) is 21.6 Å². The minimum Gasteiger partial charge on any atom is -0.281 e. The van der Waals surface area contributed by atoms with Gasteiger partial charge in [-0.3, -0.25) is 4.72 Å². The third-order valence-electron chi connectivity index (χ3n) is 1.94. The molecule has 0 aliphatic heterocycles. The third-order valence-corrected chi connectivity index (χ3v) is 4.14. The van der Waals surface area contributed by atoms with E-state index in [-0.39, 0.29) is 15.3 Å². The van der Waals surface area contributed by atoms with E-state index in [1.165, 1.54) is 12.3 Å². The largest absolute Gasteiger partial charge is 0.389 e. The molecule has 0 aliphatic carbocycles. The van der Waals surface area contributed by atoms with Crippen molar-refractivity contribution in [3.63, 3.8) is 0 Å². The van der Waals surface area contributed by atoms with Gasteiger partial charge in [-0.25, -0.2) is 13.4 Å². The first-order chi connectivity index (χ1) is 8.59. The summed E-state index contributed by atoms with van der Waals surface area (Å²) in [6.45, 7) is 0. The fraction of sp³-hybridized carbons (Fsp3) is 0.444. The van der Waals surface area contributed by atoms with E-state index in [2.05, 4.69) is 25.6 Å². The summed E-state index contributed by atoms with van der Waals surface area (Å²) in [5.41, 5.74) is 0.0829. The molecular weight excluding hydrogens is 373 g/mol. The van der Waals surface area contributed by atoms with Crippen LogP contribution >= 0.6 is 27.5 Å². The molecule has 1 N–H and O–H groups in total. The van der Waals surface area contributed by atoms with Crippen LogP contribution in [0, 0.1) is 0 Å². The van der Waals surface area contributed by atoms with Gasteiger partial charge in [0.05, 0.1) is 16.5 Å². The van der Waals surface area contributed by atoms with Gasteiger partial charge in [-0.1, -0.05) is 11.6 Å². The molecule has 10 heteroatoms. The number of nitrogens with one attached hydrogen (secondary N) is 1. The minimum atomic E-state index is -4.37. The first kappa shape index (κ1) is 16.5. The second-order valence-corrected chi connectivity index (χ2v) is 6.66. The average Bonchev–Trinajstić information content (AvgIpc) is 2.20. The maximum absolute atomic E-state index is 11.9. The van der Waals surface area contributed by atoms with E-state index in [1.54, 1.807) is 0 Å². The molecule has 0 saturated heterocycles. The van der Waals surface area contributed by atoms with Crippen LogP contribution in [-0.2, 0) is 10.0 Å². The molecule has 1 aromatic rings. The molecule has 0 atom stereocenters. The van der Waals surface area contributed by atoms with Crippen molar-refractivity contribution >= 4 is 43.2 Å². The van der Waals surface area contributed by atoms with Gasteiger partial charge in [0.2, 0.25) is 10.0 Å². The molecule has 0 amide bonds. The van der Waals surface area contributed by atoms with Crippen molar-refractivity contribution in [3.05, 3.63) is 21.9 Å². The summed E-state index contributed by atoms with van der Waals surface area (Å²) in [5, 5.41) is 0.205. The fourth-order valence-electron chi connectivity index (χ4n) is 1.18. The Bertz CT molecular complexity index is 551. The lowest BCUT2D eigenvalue weighted by Crippen LogP contribution is -2.19. The van der Waals surface area contributed by atoms with Gasteiger partial charge in [-0.15, -0.1) is 0 Å². The Morgan fingerprint density at radius 1 is 1.42 bits per heavy atom. The summed E-state index contributed by atoms with van der Waals surface area (Å²) < 4.78 is 61.3. The summed E-state index contributed by atoms with van der Waals surface area (Å²) in [6, 6.07) is 1.31. The van der Waals surface area contributed by atoms with Crippen LogP contribution in [0.15, 0.2) is 16.9 Å². The maximum atomic E-state index is 11.9. The molecule has 1 rings (SSSR count). The third kappa shape index (κ3) is 6.44. The lowest BCUT2D eigenvalue weighted by atomic mass is 10.3. The fourth-order valence-corrected chi connectivity index (χ4v) is 2.90. The second-order valence-electron chi connectivity index (χ2n) is 3.63. The molecule has 108 valence electrons. The minimum absolute atomic E-state index is 0.0829. The van der Waals surface area contributed by atoms with Crippen molar-refractivity contribution in [2.75, 3.05) is 10.5 Å². The Morgan fingerprint density at radius 2 is 2.05 bits per heavy atom. The van der Waals surface area contributed by atoms with Gasteiger partial charge in [0.1, 0.15) is 4.60 Å². The van der Waals surface area contributed by atoms with Crippen molar-refractivity contribution < 1.29 is 21.6 Å². The van der Waals surface area contributed by atoms with Crippen LogP contribution in [-0.4, -0.2) is 25.3 Å². The highest BCUT2D eigenvalue weighted by Gasteiger charge is 2.27. The molecule has 0 bridgehead atoms. The smallest absolute Gasteiger partial charge is 0.281 e. The molecule has 0 aromatic carbocycles. The summed E-state index contributed by atoms with van der Waals surface area (Å²) in [5.74, 6) is -0.633. The predicted octanol–water partition coefficient (Wildman–Crippen LogP) is 3.58. The van der Waals surface area contributed by atoms with E-state index in [0.29, 0.717) is 0 Å². The number of hydrogen-bond acceptors (Lipinski definition) is 3. The molecule has 19 heavy (non-hydrogen) atoms. The molecule has 0 radical (unpaired) electrons. The maximum Gasteiger partial charge on any atom is 0.389 e. The Labute approximate surface area is 121 Å². The zero-order valence-corrected chi connectivity index (χ0v) is 12.5. The molecule has 1 heterocycles. The van der Waals surface area contributed by atoms with Crippen molar-refractivity contribution in [2.24, 2.45) is 0 Å². The number of hydrogen-bond donors (Lipinski definition) is 1. The summed E-state index contributed by atoms with van der Waals surface area (Å²) >= 11 is 8.65. The lowest BCUT2D eigenvalue weighted by molar-refractivity contribution is -0.134. The highest BCUT2D eigenvalue weighted by molar-refractivity contribution is 9.10.